The van der Waals surface area contributed by atoms with Gasteiger partial charge in [0.25, 0.3) is 15.9 Å². The van der Waals surface area contributed by atoms with Crippen LogP contribution in [0.25, 0.3) is 0 Å². The molecule has 1 atom stereocenters. The zero-order valence-electron chi connectivity index (χ0n) is 23.8. The number of carboxylic acid groups (broad SMARTS) is 1. The smallest absolute Gasteiger partial charge is 0.342 e. The number of ether oxygens (including phenoxy) is 1. The Hall–Kier alpha value is -3.55. The summed E-state index contributed by atoms with van der Waals surface area (Å²) in [5, 5.41) is 16.2. The van der Waals surface area contributed by atoms with Gasteiger partial charge in [0.15, 0.2) is 5.75 Å². The molecule has 4 N–H and O–H groups in total. The number of rotatable bonds is 13. The van der Waals surface area contributed by atoms with E-state index in [0.717, 1.165) is 30.8 Å². The number of carbonyl (C=O) groups is 3. The van der Waals surface area contributed by atoms with Crippen LogP contribution in [0.5, 0.6) is 11.5 Å². The maximum absolute atomic E-state index is 13.3. The molecule has 1 aliphatic rings. The van der Waals surface area contributed by atoms with Gasteiger partial charge in [0.05, 0.1) is 15.6 Å². The maximum atomic E-state index is 13.3. The lowest BCUT2D eigenvalue weighted by Gasteiger charge is -2.26. The van der Waals surface area contributed by atoms with E-state index in [1.807, 2.05) is 0 Å². The van der Waals surface area contributed by atoms with Crippen molar-refractivity contribution in [2.24, 2.45) is 5.92 Å². The Morgan fingerprint density at radius 1 is 1.00 bits per heavy atom. The summed E-state index contributed by atoms with van der Waals surface area (Å²) >= 11 is 18.2. The number of carboxylic acids is 1. The molecule has 0 saturated carbocycles. The first-order valence-corrected chi connectivity index (χ1v) is 16.6. The molecule has 3 aromatic carbocycles. The van der Waals surface area contributed by atoms with Gasteiger partial charge < -0.3 is 25.4 Å². The minimum absolute atomic E-state index is 0.0166. The quantitative estimate of drug-likeness (QED) is 0.141. The van der Waals surface area contributed by atoms with Crippen molar-refractivity contribution in [2.75, 3.05) is 30.9 Å². The Morgan fingerprint density at radius 2 is 1.69 bits per heavy atom. The first kappa shape index (κ1) is 34.3. The summed E-state index contributed by atoms with van der Waals surface area (Å²) in [7, 11) is -4.16. The van der Waals surface area contributed by atoms with E-state index in [0.29, 0.717) is 17.5 Å². The Kier molecular flexibility index (Phi) is 11.9. The molecular weight excluding hydrogens is 667 g/mol. The molecule has 1 saturated heterocycles. The summed E-state index contributed by atoms with van der Waals surface area (Å²) in [6.07, 6.45) is 1.72. The van der Waals surface area contributed by atoms with Crippen LogP contribution in [0.3, 0.4) is 0 Å². The fourth-order valence-corrected chi connectivity index (χ4v) is 6.27. The molecule has 1 fully saturated rings. The van der Waals surface area contributed by atoms with E-state index in [4.69, 9.17) is 39.5 Å². The standard InChI is InChI=1S/C30H31Cl3N4O7S/c31-21-7-10-25(23(32)17-21)44-26-4-2-1-3-24(26)36-45(42,43)22-8-5-20(6-9-22)29(39)37(28(33)30(40)41)16-13-27(38)35-18-19-11-14-34-15-12-19/h1-10,17,19,28,34,36H,11-16,18H2,(H,35,38)(H,40,41). The third-order valence-corrected chi connectivity index (χ3v) is 9.36. The summed E-state index contributed by atoms with van der Waals surface area (Å²) in [5.41, 5.74) is -1.64. The normalized spacial score (nSPS) is 14.3. The van der Waals surface area contributed by atoms with Crippen LogP contribution in [-0.4, -0.2) is 67.9 Å². The molecule has 0 bridgehead atoms. The highest BCUT2D eigenvalue weighted by Crippen LogP contribution is 2.35. The van der Waals surface area contributed by atoms with Crippen LogP contribution in [0.2, 0.25) is 10.0 Å². The van der Waals surface area contributed by atoms with Gasteiger partial charge in [-0.1, -0.05) is 46.9 Å². The van der Waals surface area contributed by atoms with E-state index < -0.39 is 27.4 Å². The van der Waals surface area contributed by atoms with Crippen molar-refractivity contribution < 1.29 is 32.6 Å². The van der Waals surface area contributed by atoms with Crippen molar-refractivity contribution in [1.82, 2.24) is 15.5 Å². The molecule has 2 amide bonds. The summed E-state index contributed by atoms with van der Waals surface area (Å²) in [6, 6.07) is 15.8. The number of alkyl halides is 1. The molecule has 1 unspecified atom stereocenters. The second-order valence-corrected chi connectivity index (χ2v) is 13.2. The Morgan fingerprint density at radius 3 is 2.36 bits per heavy atom. The monoisotopic (exact) mass is 696 g/mol. The first-order chi connectivity index (χ1) is 21.4. The van der Waals surface area contributed by atoms with Gasteiger partial charge in [-0.25, -0.2) is 13.2 Å². The van der Waals surface area contributed by atoms with Gasteiger partial charge in [0.2, 0.25) is 11.4 Å². The van der Waals surface area contributed by atoms with Crippen molar-refractivity contribution >= 4 is 68.3 Å². The lowest BCUT2D eigenvalue weighted by Crippen LogP contribution is -2.44. The van der Waals surface area contributed by atoms with Crippen LogP contribution >= 0.6 is 34.8 Å². The summed E-state index contributed by atoms with van der Waals surface area (Å²) < 4.78 is 34.7. The van der Waals surface area contributed by atoms with Gasteiger partial charge in [-0.3, -0.25) is 14.3 Å². The molecule has 240 valence electrons. The van der Waals surface area contributed by atoms with E-state index in [-0.39, 0.29) is 51.5 Å². The number of amides is 2. The molecule has 4 rings (SSSR count). The van der Waals surface area contributed by atoms with Crippen molar-refractivity contribution in [3.8, 4) is 11.5 Å². The fraction of sp³-hybridized carbons (Fsp3) is 0.300. The van der Waals surface area contributed by atoms with Crippen molar-refractivity contribution in [3.63, 3.8) is 0 Å². The minimum Gasteiger partial charge on any atom is -0.479 e. The predicted octanol–water partition coefficient (Wildman–Crippen LogP) is 5.18. The Bertz CT molecular complexity index is 1630. The number of nitrogens with one attached hydrogen (secondary N) is 3. The van der Waals surface area contributed by atoms with Crippen molar-refractivity contribution in [2.45, 2.75) is 29.7 Å². The second kappa shape index (κ2) is 15.6. The molecule has 0 aliphatic carbocycles. The number of anilines is 1. The molecular formula is C30H31Cl3N4O7S. The topological polar surface area (TPSA) is 154 Å². The van der Waals surface area contributed by atoms with Gasteiger partial charge in [-0.2, -0.15) is 0 Å². The van der Waals surface area contributed by atoms with Gasteiger partial charge >= 0.3 is 5.97 Å². The molecule has 0 aromatic heterocycles. The molecule has 0 spiro atoms. The molecule has 1 heterocycles. The molecule has 11 nitrogen and oxygen atoms in total. The maximum Gasteiger partial charge on any atom is 0.342 e. The summed E-state index contributed by atoms with van der Waals surface area (Å²) in [4.78, 5) is 38.0. The zero-order chi connectivity index (χ0) is 32.6. The van der Waals surface area contributed by atoms with Gasteiger partial charge in [-0.15, -0.1) is 0 Å². The van der Waals surface area contributed by atoms with E-state index in [1.54, 1.807) is 30.3 Å². The van der Waals surface area contributed by atoms with Crippen LogP contribution in [0.1, 0.15) is 29.6 Å². The number of hydrogen-bond donors (Lipinski definition) is 4. The fourth-order valence-electron chi connectivity index (χ4n) is 4.57. The van der Waals surface area contributed by atoms with Crippen LogP contribution in [0, 0.1) is 5.92 Å². The summed E-state index contributed by atoms with van der Waals surface area (Å²) in [6.45, 7) is 2.00. The molecule has 3 aromatic rings. The average molecular weight is 698 g/mol. The van der Waals surface area contributed by atoms with E-state index in [1.165, 1.54) is 36.4 Å². The average Bonchev–Trinajstić information content (AvgIpc) is 3.02. The molecule has 1 aliphatic heterocycles. The molecule has 45 heavy (non-hydrogen) atoms. The highest BCUT2D eigenvalue weighted by atomic mass is 35.5. The SMILES string of the molecule is O=C(CCN(C(=O)c1ccc(S(=O)(=O)Nc2ccccc2Oc2ccc(Cl)cc2Cl)cc1)C(Cl)C(=O)O)NCC1CCNCC1. The number of carbonyl (C=O) groups excluding carboxylic acids is 2. The third-order valence-electron chi connectivity index (χ3n) is 7.02. The van der Waals surface area contributed by atoms with Crippen LogP contribution in [0.4, 0.5) is 5.69 Å². The number of para-hydroxylation sites is 2. The van der Waals surface area contributed by atoms with Crippen LogP contribution in [-0.2, 0) is 19.6 Å². The van der Waals surface area contributed by atoms with E-state index >= 15 is 0 Å². The Labute approximate surface area is 275 Å². The lowest BCUT2D eigenvalue weighted by molar-refractivity contribution is -0.139. The number of hydrogen-bond acceptors (Lipinski definition) is 7. The van der Waals surface area contributed by atoms with Crippen molar-refractivity contribution in [3.05, 3.63) is 82.3 Å². The lowest BCUT2D eigenvalue weighted by atomic mass is 9.98. The van der Waals surface area contributed by atoms with E-state index in [2.05, 4.69) is 15.4 Å². The number of nitrogens with zero attached hydrogens (tertiary/aromatic N) is 1. The molecule has 0 radical (unpaired) electrons. The third kappa shape index (κ3) is 9.47. The first-order valence-electron chi connectivity index (χ1n) is 13.9. The predicted molar refractivity (Wildman–Crippen MR) is 172 cm³/mol. The van der Waals surface area contributed by atoms with Gasteiger partial charge in [-0.05, 0) is 86.4 Å². The number of halogens is 3. The van der Waals surface area contributed by atoms with Gasteiger partial charge in [0.1, 0.15) is 5.75 Å². The number of piperidine rings is 1. The Balaban J connectivity index is 1.43. The number of sulfonamides is 1. The molecule has 15 heteroatoms. The minimum atomic E-state index is -4.16. The zero-order valence-corrected chi connectivity index (χ0v) is 26.9. The number of benzene rings is 3. The van der Waals surface area contributed by atoms with Gasteiger partial charge in [0, 0.05) is 30.1 Å². The van der Waals surface area contributed by atoms with Crippen LogP contribution < -0.4 is 20.1 Å². The van der Waals surface area contributed by atoms with E-state index in [9.17, 15) is 27.9 Å². The second-order valence-electron chi connectivity index (χ2n) is 10.2. The highest BCUT2D eigenvalue weighted by molar-refractivity contribution is 7.92. The number of aliphatic carboxylic acids is 1. The van der Waals surface area contributed by atoms with Crippen molar-refractivity contribution in [1.29, 1.82) is 0 Å². The van der Waals surface area contributed by atoms with Crippen LogP contribution in [0.15, 0.2) is 71.6 Å². The largest absolute Gasteiger partial charge is 0.479 e. The summed E-state index contributed by atoms with van der Waals surface area (Å²) in [5.74, 6) is -1.80. The highest BCUT2D eigenvalue weighted by Gasteiger charge is 2.29.